The fourth-order valence-electron chi connectivity index (χ4n) is 2.08. The summed E-state index contributed by atoms with van der Waals surface area (Å²) in [6.07, 6.45) is 0.410. The number of nitrogens with one attached hydrogen (secondary N) is 1. The van der Waals surface area contributed by atoms with Crippen molar-refractivity contribution in [2.75, 3.05) is 11.9 Å². The van der Waals surface area contributed by atoms with Crippen LogP contribution in [-0.4, -0.2) is 33.8 Å². The van der Waals surface area contributed by atoms with Crippen LogP contribution in [0.1, 0.15) is 58.5 Å². The van der Waals surface area contributed by atoms with Gasteiger partial charge in [-0.1, -0.05) is 20.8 Å². The maximum atomic E-state index is 12.6. The van der Waals surface area contributed by atoms with Crippen molar-refractivity contribution < 1.29 is 9.59 Å². The number of hydrogen-bond donors (Lipinski definition) is 1. The van der Waals surface area contributed by atoms with Crippen molar-refractivity contribution in [2.45, 2.75) is 67.3 Å². The molecule has 23 heavy (non-hydrogen) atoms. The van der Waals surface area contributed by atoms with E-state index in [4.69, 9.17) is 0 Å². The molecule has 0 bridgehead atoms. The third-order valence-corrected chi connectivity index (χ3v) is 4.36. The molecule has 0 radical (unpaired) electrons. The number of aryl methyl sites for hydroxylation is 2. The molecule has 1 heterocycles. The third-order valence-electron chi connectivity index (χ3n) is 3.37. The summed E-state index contributed by atoms with van der Waals surface area (Å²) >= 11 is 1.45. The average molecular weight is 340 g/mol. The fraction of sp³-hybridized carbons (Fsp3) is 0.706. The van der Waals surface area contributed by atoms with Crippen LogP contribution in [0, 0.1) is 19.3 Å². The number of hydrogen-bond acceptors (Lipinski definition) is 4. The van der Waals surface area contributed by atoms with Gasteiger partial charge in [-0.05, 0) is 40.0 Å². The summed E-state index contributed by atoms with van der Waals surface area (Å²) in [5.74, 6) is -0.220. The van der Waals surface area contributed by atoms with Crippen molar-refractivity contribution in [1.82, 2.24) is 9.88 Å². The van der Waals surface area contributed by atoms with Crippen molar-refractivity contribution in [3.63, 3.8) is 0 Å². The summed E-state index contributed by atoms with van der Waals surface area (Å²) in [6, 6.07) is 0. The third kappa shape index (κ3) is 6.29. The molecular weight excluding hydrogens is 310 g/mol. The SMILES string of the molecule is Cc1nc(NC(=O)CN(C(=O)CC(C)(C)C)C(C)(C)C)sc1C. The Morgan fingerprint density at radius 3 is 2.09 bits per heavy atom. The Morgan fingerprint density at radius 2 is 1.70 bits per heavy atom. The van der Waals surface area contributed by atoms with Crippen LogP contribution in [0.25, 0.3) is 0 Å². The smallest absolute Gasteiger partial charge is 0.245 e. The van der Waals surface area contributed by atoms with Crippen LogP contribution < -0.4 is 5.32 Å². The van der Waals surface area contributed by atoms with E-state index in [0.717, 1.165) is 10.6 Å². The summed E-state index contributed by atoms with van der Waals surface area (Å²) in [7, 11) is 0. The van der Waals surface area contributed by atoms with Crippen LogP contribution in [0.3, 0.4) is 0 Å². The fourth-order valence-corrected chi connectivity index (χ4v) is 2.91. The summed E-state index contributed by atoms with van der Waals surface area (Å²) in [6.45, 7) is 15.8. The molecule has 0 atom stereocenters. The first-order valence-electron chi connectivity index (χ1n) is 7.84. The van der Waals surface area contributed by atoms with Gasteiger partial charge in [-0.3, -0.25) is 9.59 Å². The minimum atomic E-state index is -0.408. The largest absolute Gasteiger partial charge is 0.329 e. The molecule has 0 unspecified atom stereocenters. The van der Waals surface area contributed by atoms with Crippen molar-refractivity contribution in [3.05, 3.63) is 10.6 Å². The average Bonchev–Trinajstić information content (AvgIpc) is 2.61. The Bertz CT molecular complexity index is 560. The predicted octanol–water partition coefficient (Wildman–Crippen LogP) is 3.76. The highest BCUT2D eigenvalue weighted by atomic mass is 32.1. The molecule has 0 saturated heterocycles. The Labute approximate surface area is 143 Å². The van der Waals surface area contributed by atoms with Gasteiger partial charge >= 0.3 is 0 Å². The highest BCUT2D eigenvalue weighted by molar-refractivity contribution is 7.15. The molecule has 2 amide bonds. The van der Waals surface area contributed by atoms with E-state index in [1.54, 1.807) is 4.90 Å². The number of carbonyl (C=O) groups is 2. The normalized spacial score (nSPS) is 12.2. The second kappa shape index (κ2) is 6.99. The van der Waals surface area contributed by atoms with E-state index >= 15 is 0 Å². The Balaban J connectivity index is 2.81. The number of rotatable bonds is 4. The molecule has 130 valence electrons. The Morgan fingerprint density at radius 1 is 1.13 bits per heavy atom. The molecule has 6 heteroatoms. The molecule has 0 aliphatic rings. The second-order valence-electron chi connectivity index (χ2n) is 8.10. The zero-order valence-corrected chi connectivity index (χ0v) is 16.3. The highest BCUT2D eigenvalue weighted by Gasteiger charge is 2.31. The Kier molecular flexibility index (Phi) is 5.96. The van der Waals surface area contributed by atoms with Crippen LogP contribution in [-0.2, 0) is 9.59 Å². The standard InChI is InChI=1S/C17H29N3O2S/c1-11-12(2)23-15(18-11)19-13(21)10-20(17(6,7)8)14(22)9-16(3,4)5/h9-10H2,1-8H3,(H,18,19,21). The van der Waals surface area contributed by atoms with Gasteiger partial charge in [0.25, 0.3) is 0 Å². The van der Waals surface area contributed by atoms with Crippen LogP contribution in [0.4, 0.5) is 5.13 Å². The molecule has 5 nitrogen and oxygen atoms in total. The lowest BCUT2D eigenvalue weighted by atomic mass is 9.90. The lowest BCUT2D eigenvalue weighted by Crippen LogP contribution is -2.50. The van der Waals surface area contributed by atoms with Gasteiger partial charge in [-0.25, -0.2) is 4.98 Å². The van der Waals surface area contributed by atoms with Crippen molar-refractivity contribution in [3.8, 4) is 0 Å². The molecule has 0 saturated carbocycles. The van der Waals surface area contributed by atoms with Gasteiger partial charge in [0.05, 0.1) is 5.69 Å². The molecule has 0 aromatic carbocycles. The lowest BCUT2D eigenvalue weighted by molar-refractivity contribution is -0.141. The van der Waals surface area contributed by atoms with Crippen molar-refractivity contribution >= 4 is 28.3 Å². The van der Waals surface area contributed by atoms with Gasteiger partial charge in [-0.2, -0.15) is 0 Å². The summed E-state index contributed by atoms with van der Waals surface area (Å²) in [4.78, 5) is 31.9. The molecular formula is C17H29N3O2S. The molecule has 0 fully saturated rings. The number of aromatic nitrogens is 1. The molecule has 1 N–H and O–H groups in total. The van der Waals surface area contributed by atoms with Crippen LogP contribution in [0.2, 0.25) is 0 Å². The van der Waals surface area contributed by atoms with Gasteiger partial charge in [0.1, 0.15) is 6.54 Å². The van der Waals surface area contributed by atoms with Crippen LogP contribution in [0.5, 0.6) is 0 Å². The molecule has 0 aliphatic carbocycles. The number of amides is 2. The van der Waals surface area contributed by atoms with Crippen LogP contribution >= 0.6 is 11.3 Å². The van der Waals surface area contributed by atoms with E-state index in [2.05, 4.69) is 10.3 Å². The van der Waals surface area contributed by atoms with Crippen molar-refractivity contribution in [2.24, 2.45) is 5.41 Å². The Hall–Kier alpha value is -1.43. The zero-order valence-electron chi connectivity index (χ0n) is 15.5. The van der Waals surface area contributed by atoms with E-state index in [1.807, 2.05) is 55.4 Å². The first-order chi connectivity index (χ1) is 10.3. The number of nitrogens with zero attached hydrogens (tertiary/aromatic N) is 2. The number of thiazole rings is 1. The first kappa shape index (κ1) is 19.6. The van der Waals surface area contributed by atoms with E-state index in [-0.39, 0.29) is 23.8 Å². The summed E-state index contributed by atoms with van der Waals surface area (Å²) < 4.78 is 0. The van der Waals surface area contributed by atoms with Gasteiger partial charge in [-0.15, -0.1) is 11.3 Å². The second-order valence-corrected chi connectivity index (χ2v) is 9.30. The first-order valence-corrected chi connectivity index (χ1v) is 8.65. The van der Waals surface area contributed by atoms with Crippen LogP contribution in [0.15, 0.2) is 0 Å². The van der Waals surface area contributed by atoms with Gasteiger partial charge < -0.3 is 10.2 Å². The predicted molar refractivity (Wildman–Crippen MR) is 95.8 cm³/mol. The molecule has 1 aromatic rings. The zero-order chi connectivity index (χ0) is 18.0. The quantitative estimate of drug-likeness (QED) is 0.908. The van der Waals surface area contributed by atoms with Crippen molar-refractivity contribution in [1.29, 1.82) is 0 Å². The lowest BCUT2D eigenvalue weighted by Gasteiger charge is -2.36. The summed E-state index contributed by atoms with van der Waals surface area (Å²) in [5.41, 5.74) is 0.399. The molecule has 1 aromatic heterocycles. The van der Waals surface area contributed by atoms with E-state index in [1.165, 1.54) is 11.3 Å². The van der Waals surface area contributed by atoms with E-state index < -0.39 is 5.54 Å². The van der Waals surface area contributed by atoms with Gasteiger partial charge in [0.2, 0.25) is 11.8 Å². The highest BCUT2D eigenvalue weighted by Crippen LogP contribution is 2.24. The van der Waals surface area contributed by atoms with E-state index in [9.17, 15) is 9.59 Å². The monoisotopic (exact) mass is 339 g/mol. The van der Waals surface area contributed by atoms with Gasteiger partial charge in [0, 0.05) is 16.8 Å². The molecule has 0 aliphatic heterocycles. The topological polar surface area (TPSA) is 62.3 Å². The van der Waals surface area contributed by atoms with E-state index in [0.29, 0.717) is 11.6 Å². The minimum Gasteiger partial charge on any atom is -0.329 e. The molecule has 1 rings (SSSR count). The maximum Gasteiger partial charge on any atom is 0.245 e. The summed E-state index contributed by atoms with van der Waals surface area (Å²) in [5, 5.41) is 3.38. The van der Waals surface area contributed by atoms with Gasteiger partial charge in [0.15, 0.2) is 5.13 Å². The molecule has 0 spiro atoms. The number of carbonyl (C=O) groups excluding carboxylic acids is 2. The maximum absolute atomic E-state index is 12.6. The minimum absolute atomic E-state index is 0.00773. The number of anilines is 1.